The molecule has 0 fully saturated rings. The van der Waals surface area contributed by atoms with Crippen LogP contribution in [0.25, 0.3) is 11.1 Å². The summed E-state index contributed by atoms with van der Waals surface area (Å²) in [6, 6.07) is 35.6. The SMILES string of the molecule is CCCc1ccc2c(c1)-c1cc(CCC)ccc1[Si]2(c1ccccc1)c1cccc(CC)c1. The summed E-state index contributed by atoms with van der Waals surface area (Å²) in [5, 5.41) is 6.13. The molecule has 0 bridgehead atoms. The molecule has 0 aliphatic carbocycles. The number of hydrogen-bond acceptors (Lipinski definition) is 0. The van der Waals surface area contributed by atoms with Crippen LogP contribution in [-0.2, 0) is 19.3 Å². The van der Waals surface area contributed by atoms with Gasteiger partial charge in [0, 0.05) is 0 Å². The molecule has 0 atom stereocenters. The number of benzene rings is 4. The smallest absolute Gasteiger partial charge is 0.0651 e. The minimum atomic E-state index is -2.37. The molecule has 1 aliphatic rings. The van der Waals surface area contributed by atoms with Crippen molar-refractivity contribution in [3.05, 3.63) is 108 Å². The van der Waals surface area contributed by atoms with E-state index in [1.54, 1.807) is 10.4 Å². The molecule has 4 aromatic carbocycles. The van der Waals surface area contributed by atoms with Crippen molar-refractivity contribution >= 4 is 28.8 Å². The van der Waals surface area contributed by atoms with Crippen molar-refractivity contribution in [2.24, 2.45) is 0 Å². The van der Waals surface area contributed by atoms with Gasteiger partial charge in [0.1, 0.15) is 0 Å². The Kier molecular flexibility index (Phi) is 6.08. The fraction of sp³-hybridized carbons (Fsp3) is 0.250. The summed E-state index contributed by atoms with van der Waals surface area (Å²) in [6.45, 7) is 6.82. The Morgan fingerprint density at radius 1 is 0.515 bits per heavy atom. The molecule has 1 aliphatic heterocycles. The van der Waals surface area contributed by atoms with Gasteiger partial charge in [-0.15, -0.1) is 0 Å². The molecular formula is C32H34Si. The van der Waals surface area contributed by atoms with Crippen LogP contribution in [0.5, 0.6) is 0 Å². The van der Waals surface area contributed by atoms with E-state index in [1.807, 2.05) is 0 Å². The van der Waals surface area contributed by atoms with Crippen molar-refractivity contribution in [2.45, 2.75) is 52.9 Å². The highest BCUT2D eigenvalue weighted by Gasteiger charge is 2.48. The Labute approximate surface area is 200 Å². The Hall–Kier alpha value is -2.90. The zero-order valence-electron chi connectivity index (χ0n) is 20.2. The zero-order chi connectivity index (χ0) is 22.8. The van der Waals surface area contributed by atoms with Gasteiger partial charge in [0.05, 0.1) is 0 Å². The highest BCUT2D eigenvalue weighted by molar-refractivity contribution is 7.22. The molecule has 0 N–H and O–H groups in total. The van der Waals surface area contributed by atoms with Crippen molar-refractivity contribution in [1.82, 2.24) is 0 Å². The van der Waals surface area contributed by atoms with E-state index in [1.165, 1.54) is 51.0 Å². The molecule has 4 aromatic rings. The van der Waals surface area contributed by atoms with E-state index in [0.29, 0.717) is 0 Å². The molecule has 166 valence electrons. The van der Waals surface area contributed by atoms with E-state index in [4.69, 9.17) is 0 Å². The lowest BCUT2D eigenvalue weighted by Gasteiger charge is -2.31. The average Bonchev–Trinajstić information content (AvgIpc) is 3.15. The van der Waals surface area contributed by atoms with Crippen molar-refractivity contribution in [1.29, 1.82) is 0 Å². The Bertz CT molecular complexity index is 1210. The van der Waals surface area contributed by atoms with Gasteiger partial charge in [0.2, 0.25) is 0 Å². The van der Waals surface area contributed by atoms with Gasteiger partial charge in [-0.3, -0.25) is 0 Å². The van der Waals surface area contributed by atoms with Crippen LogP contribution in [0, 0.1) is 0 Å². The van der Waals surface area contributed by atoms with Crippen LogP contribution in [0.3, 0.4) is 0 Å². The van der Waals surface area contributed by atoms with Crippen LogP contribution in [-0.4, -0.2) is 8.07 Å². The van der Waals surface area contributed by atoms with Gasteiger partial charge < -0.3 is 0 Å². The summed E-state index contributed by atoms with van der Waals surface area (Å²) < 4.78 is 0. The van der Waals surface area contributed by atoms with E-state index in [-0.39, 0.29) is 0 Å². The van der Waals surface area contributed by atoms with Gasteiger partial charge >= 0.3 is 0 Å². The molecule has 0 amide bonds. The highest BCUT2D eigenvalue weighted by atomic mass is 28.3. The molecule has 0 spiro atoms. The van der Waals surface area contributed by atoms with Gasteiger partial charge in [0.15, 0.2) is 8.07 Å². The first-order valence-corrected chi connectivity index (χ1v) is 14.6. The molecule has 5 rings (SSSR count). The topological polar surface area (TPSA) is 0 Å². The fourth-order valence-corrected chi connectivity index (χ4v) is 11.0. The predicted octanol–water partition coefficient (Wildman–Crippen LogP) is 5.51. The van der Waals surface area contributed by atoms with Crippen LogP contribution >= 0.6 is 0 Å². The second-order valence-electron chi connectivity index (χ2n) is 9.43. The summed E-state index contributed by atoms with van der Waals surface area (Å²) >= 11 is 0. The van der Waals surface area contributed by atoms with Gasteiger partial charge in [0.25, 0.3) is 0 Å². The lowest BCUT2D eigenvalue weighted by molar-refractivity contribution is 0.921. The maximum atomic E-state index is 2.51. The lowest BCUT2D eigenvalue weighted by Crippen LogP contribution is -2.72. The third-order valence-electron chi connectivity index (χ3n) is 7.32. The molecule has 0 saturated carbocycles. The molecule has 0 aromatic heterocycles. The summed E-state index contributed by atoms with van der Waals surface area (Å²) in [6.07, 6.45) is 5.71. The number of rotatable bonds is 7. The summed E-state index contributed by atoms with van der Waals surface area (Å²) in [5.41, 5.74) is 7.31. The number of fused-ring (bicyclic) bond motifs is 3. The van der Waals surface area contributed by atoms with E-state index >= 15 is 0 Å². The number of hydrogen-bond donors (Lipinski definition) is 0. The minimum absolute atomic E-state index is 1.07. The third-order valence-corrected chi connectivity index (χ3v) is 12.2. The molecule has 33 heavy (non-hydrogen) atoms. The molecule has 0 radical (unpaired) electrons. The minimum Gasteiger partial charge on any atom is -0.0651 e. The second-order valence-corrected chi connectivity index (χ2v) is 13.2. The van der Waals surface area contributed by atoms with Crippen LogP contribution < -0.4 is 20.7 Å². The summed E-state index contributed by atoms with van der Waals surface area (Å²) in [4.78, 5) is 0. The number of aryl methyl sites for hydroxylation is 3. The maximum Gasteiger partial charge on any atom is 0.180 e. The lowest BCUT2D eigenvalue weighted by atomic mass is 9.98. The van der Waals surface area contributed by atoms with E-state index in [0.717, 1.165) is 19.3 Å². The van der Waals surface area contributed by atoms with Crippen molar-refractivity contribution in [3.63, 3.8) is 0 Å². The largest absolute Gasteiger partial charge is 0.180 e. The first-order chi connectivity index (χ1) is 16.2. The predicted molar refractivity (Wildman–Crippen MR) is 146 cm³/mol. The molecule has 1 heteroatoms. The van der Waals surface area contributed by atoms with E-state index in [9.17, 15) is 0 Å². The van der Waals surface area contributed by atoms with Gasteiger partial charge in [-0.25, -0.2) is 0 Å². The van der Waals surface area contributed by atoms with Crippen molar-refractivity contribution < 1.29 is 0 Å². The van der Waals surface area contributed by atoms with Crippen molar-refractivity contribution in [3.8, 4) is 11.1 Å². The van der Waals surface area contributed by atoms with Crippen LogP contribution in [0.15, 0.2) is 91.0 Å². The summed E-state index contributed by atoms with van der Waals surface area (Å²) in [5.74, 6) is 0. The first kappa shape index (κ1) is 21.9. The van der Waals surface area contributed by atoms with E-state index < -0.39 is 8.07 Å². The Balaban J connectivity index is 1.89. The molecule has 1 heterocycles. The second kappa shape index (κ2) is 9.15. The Morgan fingerprint density at radius 3 is 1.64 bits per heavy atom. The first-order valence-electron chi connectivity index (χ1n) is 12.6. The van der Waals surface area contributed by atoms with Crippen molar-refractivity contribution in [2.75, 3.05) is 0 Å². The Morgan fingerprint density at radius 2 is 1.09 bits per heavy atom. The molecule has 0 unspecified atom stereocenters. The van der Waals surface area contributed by atoms with Crippen LogP contribution in [0.4, 0.5) is 0 Å². The molecular weight excluding hydrogens is 412 g/mol. The van der Waals surface area contributed by atoms with E-state index in [2.05, 4.69) is 112 Å². The monoisotopic (exact) mass is 446 g/mol. The van der Waals surface area contributed by atoms with Crippen LogP contribution in [0.2, 0.25) is 0 Å². The normalized spacial score (nSPS) is 13.5. The third kappa shape index (κ3) is 3.59. The van der Waals surface area contributed by atoms with Gasteiger partial charge in [-0.1, -0.05) is 125 Å². The van der Waals surface area contributed by atoms with Crippen LogP contribution in [0.1, 0.15) is 50.3 Å². The maximum absolute atomic E-state index is 2.51. The van der Waals surface area contributed by atoms with Gasteiger partial charge in [-0.05, 0) is 67.8 Å². The quantitative estimate of drug-likeness (QED) is 0.289. The summed E-state index contributed by atoms with van der Waals surface area (Å²) in [7, 11) is -2.37. The highest BCUT2D eigenvalue weighted by Crippen LogP contribution is 2.31. The van der Waals surface area contributed by atoms with Gasteiger partial charge in [-0.2, -0.15) is 0 Å². The molecule has 0 saturated heterocycles. The zero-order valence-corrected chi connectivity index (χ0v) is 21.2. The fourth-order valence-electron chi connectivity index (χ4n) is 5.82. The standard InChI is InChI=1S/C32H34Si/c1-4-11-25-17-19-31-29(22-25)30-23-26(12-5-2)18-20-32(30)33(31,27-14-8-7-9-15-27)28-16-10-13-24(6-3)21-28/h7-10,13-23H,4-6,11-12H2,1-3H3. The average molecular weight is 447 g/mol. The molecule has 0 nitrogen and oxygen atoms in total.